The third kappa shape index (κ3) is 6.28. The maximum atomic E-state index is 12.3. The number of hydrogen-bond acceptors (Lipinski definition) is 6. The van der Waals surface area contributed by atoms with Gasteiger partial charge in [-0.25, -0.2) is 13.8 Å². The molecule has 0 aliphatic carbocycles. The highest BCUT2D eigenvalue weighted by Crippen LogP contribution is 2.30. The number of thioether (sulfide) groups is 1. The lowest BCUT2D eigenvalue weighted by Gasteiger charge is -2.25. The Morgan fingerprint density at radius 1 is 1.30 bits per heavy atom. The SMILES string of the molecule is CS(=O)(=O)N(CC(=O)N/N=C\c1cccc(OC2CSC2)c1)c1cc(Cl)ccc1Cl. The van der Waals surface area contributed by atoms with Crippen LogP contribution in [0.25, 0.3) is 0 Å². The Morgan fingerprint density at radius 2 is 2.07 bits per heavy atom. The fourth-order valence-corrected chi connectivity index (χ4v) is 4.41. The number of hydrazone groups is 1. The Kier molecular flexibility index (Phi) is 7.51. The number of nitrogens with one attached hydrogen (secondary N) is 1. The number of rotatable bonds is 8. The molecule has 1 saturated heterocycles. The first-order chi connectivity index (χ1) is 14.2. The zero-order valence-corrected chi connectivity index (χ0v) is 19.1. The lowest BCUT2D eigenvalue weighted by Crippen LogP contribution is -2.39. The Morgan fingerprint density at radius 3 is 2.73 bits per heavy atom. The van der Waals surface area contributed by atoms with Crippen LogP contribution in [0.2, 0.25) is 10.0 Å². The first-order valence-electron chi connectivity index (χ1n) is 8.81. The van der Waals surface area contributed by atoms with Crippen LogP contribution in [0, 0.1) is 0 Å². The molecule has 2 aromatic rings. The molecule has 0 radical (unpaired) electrons. The van der Waals surface area contributed by atoms with Gasteiger partial charge in [0.2, 0.25) is 10.0 Å². The highest BCUT2D eigenvalue weighted by Gasteiger charge is 2.23. The quantitative estimate of drug-likeness (QED) is 0.455. The zero-order chi connectivity index (χ0) is 21.7. The first-order valence-corrected chi connectivity index (χ1v) is 12.6. The van der Waals surface area contributed by atoms with E-state index in [0.29, 0.717) is 5.02 Å². The molecule has 0 aromatic heterocycles. The number of anilines is 1. The van der Waals surface area contributed by atoms with Crippen LogP contribution in [-0.2, 0) is 14.8 Å². The average Bonchev–Trinajstić information content (AvgIpc) is 2.64. The number of benzene rings is 2. The van der Waals surface area contributed by atoms with Crippen LogP contribution in [0.1, 0.15) is 5.56 Å². The van der Waals surface area contributed by atoms with E-state index in [1.54, 1.807) is 0 Å². The van der Waals surface area contributed by atoms with E-state index in [2.05, 4.69) is 10.5 Å². The van der Waals surface area contributed by atoms with Crippen LogP contribution in [-0.4, -0.2) is 50.9 Å². The van der Waals surface area contributed by atoms with E-state index < -0.39 is 22.5 Å². The Hall–Kier alpha value is -1.94. The highest BCUT2D eigenvalue weighted by atomic mass is 35.5. The molecule has 0 saturated carbocycles. The molecule has 1 fully saturated rings. The van der Waals surface area contributed by atoms with Gasteiger partial charge < -0.3 is 4.74 Å². The topological polar surface area (TPSA) is 88.1 Å². The van der Waals surface area contributed by atoms with E-state index in [-0.39, 0.29) is 16.8 Å². The van der Waals surface area contributed by atoms with Crippen molar-refractivity contribution in [3.05, 3.63) is 58.1 Å². The molecule has 0 unspecified atom stereocenters. The number of ether oxygens (including phenoxy) is 1. The van der Waals surface area contributed by atoms with Crippen molar-refractivity contribution in [1.29, 1.82) is 0 Å². The van der Waals surface area contributed by atoms with Crippen LogP contribution in [0.3, 0.4) is 0 Å². The van der Waals surface area contributed by atoms with E-state index in [1.165, 1.54) is 24.4 Å². The fourth-order valence-electron chi connectivity index (χ4n) is 2.55. The van der Waals surface area contributed by atoms with Gasteiger partial charge in [0.05, 0.1) is 23.2 Å². The third-order valence-electron chi connectivity index (χ3n) is 4.04. The Bertz CT molecular complexity index is 1060. The summed E-state index contributed by atoms with van der Waals surface area (Å²) in [4.78, 5) is 12.3. The predicted molar refractivity (Wildman–Crippen MR) is 123 cm³/mol. The van der Waals surface area contributed by atoms with Crippen molar-refractivity contribution >= 4 is 62.8 Å². The summed E-state index contributed by atoms with van der Waals surface area (Å²) in [6.07, 6.45) is 2.66. The smallest absolute Gasteiger partial charge is 0.260 e. The fraction of sp³-hybridized carbons (Fsp3) is 0.263. The highest BCUT2D eigenvalue weighted by molar-refractivity contribution is 8.00. The van der Waals surface area contributed by atoms with Crippen LogP contribution in [0.5, 0.6) is 5.75 Å². The summed E-state index contributed by atoms with van der Waals surface area (Å²) in [7, 11) is -3.78. The number of carbonyl (C=O) groups is 1. The van der Waals surface area contributed by atoms with Crippen molar-refractivity contribution in [2.45, 2.75) is 6.10 Å². The molecular weight excluding hydrogens is 469 g/mol. The van der Waals surface area contributed by atoms with Crippen LogP contribution >= 0.6 is 35.0 Å². The normalized spacial score (nSPS) is 14.4. The molecule has 0 atom stereocenters. The van der Waals surface area contributed by atoms with Gasteiger partial charge in [0, 0.05) is 16.5 Å². The lowest BCUT2D eigenvalue weighted by atomic mass is 10.2. The van der Waals surface area contributed by atoms with Crippen molar-refractivity contribution < 1.29 is 17.9 Å². The maximum Gasteiger partial charge on any atom is 0.260 e. The molecule has 2 aromatic carbocycles. The zero-order valence-electron chi connectivity index (χ0n) is 15.9. The Balaban J connectivity index is 1.64. The van der Waals surface area contributed by atoms with Crippen molar-refractivity contribution in [3.8, 4) is 5.75 Å². The van der Waals surface area contributed by atoms with Gasteiger partial charge in [-0.3, -0.25) is 9.10 Å². The second-order valence-electron chi connectivity index (χ2n) is 6.51. The molecule has 3 rings (SSSR count). The van der Waals surface area contributed by atoms with Crippen molar-refractivity contribution in [2.75, 3.05) is 28.6 Å². The number of nitrogens with zero attached hydrogens (tertiary/aromatic N) is 2. The summed E-state index contributed by atoms with van der Waals surface area (Å²) < 4.78 is 31.0. The number of carbonyl (C=O) groups excluding carboxylic acids is 1. The Labute approximate surface area is 189 Å². The van der Waals surface area contributed by atoms with Crippen LogP contribution < -0.4 is 14.5 Å². The van der Waals surface area contributed by atoms with E-state index >= 15 is 0 Å². The van der Waals surface area contributed by atoms with Gasteiger partial charge in [0.25, 0.3) is 5.91 Å². The van der Waals surface area contributed by atoms with Gasteiger partial charge in [-0.1, -0.05) is 35.3 Å². The standard InChI is InChI=1S/C19H19Cl2N3O4S2/c1-30(26,27)24(18-8-14(20)5-6-17(18)21)10-19(25)23-22-9-13-3-2-4-15(7-13)28-16-11-29-12-16/h2-9,16H,10-12H2,1H3,(H,23,25)/b22-9-. The largest absolute Gasteiger partial charge is 0.489 e. The number of hydrogen-bond donors (Lipinski definition) is 1. The third-order valence-corrected chi connectivity index (χ3v) is 6.93. The summed E-state index contributed by atoms with van der Waals surface area (Å²) >= 11 is 13.9. The van der Waals surface area contributed by atoms with Gasteiger partial charge in [-0.2, -0.15) is 16.9 Å². The van der Waals surface area contributed by atoms with E-state index in [4.69, 9.17) is 27.9 Å². The molecule has 30 heavy (non-hydrogen) atoms. The predicted octanol–water partition coefficient (Wildman–Crippen LogP) is 3.40. The van der Waals surface area contributed by atoms with Gasteiger partial charge in [0.15, 0.2) is 0 Å². The van der Waals surface area contributed by atoms with Crippen molar-refractivity contribution in [1.82, 2.24) is 5.43 Å². The van der Waals surface area contributed by atoms with Crippen molar-refractivity contribution in [2.24, 2.45) is 5.10 Å². The van der Waals surface area contributed by atoms with Crippen LogP contribution in [0.4, 0.5) is 5.69 Å². The average molecular weight is 488 g/mol. The summed E-state index contributed by atoms with van der Waals surface area (Å²) in [5.74, 6) is 2.05. The second kappa shape index (κ2) is 9.91. The molecular formula is C19H19Cl2N3O4S2. The maximum absolute atomic E-state index is 12.3. The molecule has 1 amide bonds. The number of sulfonamides is 1. The molecule has 11 heteroatoms. The van der Waals surface area contributed by atoms with Crippen LogP contribution in [0.15, 0.2) is 47.6 Å². The van der Waals surface area contributed by atoms with E-state index in [0.717, 1.165) is 33.4 Å². The van der Waals surface area contributed by atoms with Gasteiger partial charge in [-0.05, 0) is 35.9 Å². The monoisotopic (exact) mass is 487 g/mol. The minimum atomic E-state index is -3.78. The van der Waals surface area contributed by atoms with E-state index in [1.807, 2.05) is 36.0 Å². The second-order valence-corrected chi connectivity index (χ2v) is 10.3. The molecule has 160 valence electrons. The first kappa shape index (κ1) is 22.7. The molecule has 0 spiro atoms. The molecule has 1 aliphatic heterocycles. The summed E-state index contributed by atoms with van der Waals surface area (Å²) in [6, 6.07) is 11.7. The minimum Gasteiger partial charge on any atom is -0.489 e. The summed E-state index contributed by atoms with van der Waals surface area (Å²) in [5.41, 5.74) is 3.17. The molecule has 1 aliphatic rings. The molecule has 1 N–H and O–H groups in total. The lowest BCUT2D eigenvalue weighted by molar-refractivity contribution is -0.119. The molecule has 7 nitrogen and oxygen atoms in total. The summed E-state index contributed by atoms with van der Waals surface area (Å²) in [5, 5.41) is 4.35. The summed E-state index contributed by atoms with van der Waals surface area (Å²) in [6.45, 7) is -0.501. The minimum absolute atomic E-state index is 0.116. The molecule has 0 bridgehead atoms. The van der Waals surface area contributed by atoms with Gasteiger partial charge in [0.1, 0.15) is 18.4 Å². The molecule has 1 heterocycles. The van der Waals surface area contributed by atoms with E-state index in [9.17, 15) is 13.2 Å². The van der Waals surface area contributed by atoms with Gasteiger partial charge >= 0.3 is 0 Å². The number of halogens is 2. The van der Waals surface area contributed by atoms with Crippen molar-refractivity contribution in [3.63, 3.8) is 0 Å². The number of amides is 1. The van der Waals surface area contributed by atoms with Gasteiger partial charge in [-0.15, -0.1) is 0 Å².